The second-order valence-electron chi connectivity index (χ2n) is 4.03. The van der Waals surface area contributed by atoms with Crippen molar-refractivity contribution in [2.24, 2.45) is 0 Å². The molecule has 1 atom stereocenters. The molecule has 0 amide bonds. The maximum atomic E-state index is 11.6. The summed E-state index contributed by atoms with van der Waals surface area (Å²) in [4.78, 5) is 11.6. The van der Waals surface area contributed by atoms with E-state index in [2.05, 4.69) is 10.4 Å². The molecule has 1 aliphatic rings. The molecule has 0 saturated carbocycles. The van der Waals surface area contributed by atoms with E-state index < -0.39 is 0 Å². The highest BCUT2D eigenvalue weighted by molar-refractivity contribution is 5.77. The second kappa shape index (κ2) is 5.07. The first-order valence-corrected chi connectivity index (χ1v) is 5.62. The Morgan fingerprint density at radius 2 is 2.47 bits per heavy atom. The zero-order valence-corrected chi connectivity index (χ0v) is 8.85. The average Bonchev–Trinajstić information content (AvgIpc) is 2.81. The Bertz CT molecular complexity index is 302. The molecule has 1 fully saturated rings. The van der Waals surface area contributed by atoms with Crippen LogP contribution in [0.1, 0.15) is 36.9 Å². The Labute approximate surface area is 89.7 Å². The summed E-state index contributed by atoms with van der Waals surface area (Å²) in [6.07, 6.45) is 8.61. The number of piperidine rings is 1. The lowest BCUT2D eigenvalue weighted by Gasteiger charge is -2.22. The van der Waals surface area contributed by atoms with Gasteiger partial charge in [-0.25, -0.2) is 4.68 Å². The summed E-state index contributed by atoms with van der Waals surface area (Å²) in [5.74, 6) is 0.0902. The minimum absolute atomic E-state index is 0.0902. The monoisotopic (exact) mass is 207 g/mol. The first kappa shape index (κ1) is 10.4. The first-order valence-electron chi connectivity index (χ1n) is 5.62. The maximum absolute atomic E-state index is 11.6. The van der Waals surface area contributed by atoms with E-state index >= 15 is 0 Å². The predicted molar refractivity (Wildman–Crippen MR) is 57.7 cm³/mol. The van der Waals surface area contributed by atoms with Crippen molar-refractivity contribution in [3.8, 4) is 0 Å². The standard InChI is InChI=1S/C11H17N3O/c15-11(14-9-3-8-13-14)6-5-10-4-1-2-7-12-10/h3,8-10,12H,1-2,4-7H2. The number of aromatic nitrogens is 2. The molecule has 1 saturated heterocycles. The van der Waals surface area contributed by atoms with Crippen LogP contribution in [0.3, 0.4) is 0 Å². The Balaban J connectivity index is 1.75. The summed E-state index contributed by atoms with van der Waals surface area (Å²) in [6, 6.07) is 2.30. The molecule has 0 aliphatic carbocycles. The fraction of sp³-hybridized carbons (Fsp3) is 0.636. The van der Waals surface area contributed by atoms with Gasteiger partial charge < -0.3 is 5.32 Å². The summed E-state index contributed by atoms with van der Waals surface area (Å²) in [7, 11) is 0. The molecule has 0 spiro atoms. The minimum Gasteiger partial charge on any atom is -0.314 e. The summed E-state index contributed by atoms with van der Waals surface area (Å²) >= 11 is 0. The van der Waals surface area contributed by atoms with Gasteiger partial charge in [0.25, 0.3) is 0 Å². The van der Waals surface area contributed by atoms with Crippen LogP contribution in [0.25, 0.3) is 0 Å². The van der Waals surface area contributed by atoms with Crippen molar-refractivity contribution >= 4 is 5.91 Å². The quantitative estimate of drug-likeness (QED) is 0.816. The van der Waals surface area contributed by atoms with Crippen LogP contribution < -0.4 is 5.32 Å². The van der Waals surface area contributed by atoms with Crippen molar-refractivity contribution in [1.29, 1.82) is 0 Å². The van der Waals surface area contributed by atoms with Crippen molar-refractivity contribution in [2.75, 3.05) is 6.54 Å². The molecular formula is C11H17N3O. The maximum Gasteiger partial charge on any atom is 0.246 e. The van der Waals surface area contributed by atoms with E-state index in [0.717, 1.165) is 13.0 Å². The SMILES string of the molecule is O=C(CCC1CCCCN1)n1cccn1. The smallest absolute Gasteiger partial charge is 0.246 e. The Hall–Kier alpha value is -1.16. The lowest BCUT2D eigenvalue weighted by Crippen LogP contribution is -2.34. The van der Waals surface area contributed by atoms with Crippen LogP contribution in [-0.2, 0) is 0 Å². The first-order chi connectivity index (χ1) is 7.36. The van der Waals surface area contributed by atoms with Gasteiger partial charge in [0, 0.05) is 24.9 Å². The van der Waals surface area contributed by atoms with E-state index in [9.17, 15) is 4.79 Å². The summed E-state index contributed by atoms with van der Waals surface area (Å²) in [6.45, 7) is 1.10. The van der Waals surface area contributed by atoms with E-state index in [0.29, 0.717) is 12.5 Å². The molecule has 1 N–H and O–H groups in total. The van der Waals surface area contributed by atoms with Gasteiger partial charge in [-0.2, -0.15) is 5.10 Å². The van der Waals surface area contributed by atoms with Crippen molar-refractivity contribution in [3.63, 3.8) is 0 Å². The van der Waals surface area contributed by atoms with Crippen LogP contribution in [-0.4, -0.2) is 28.3 Å². The molecule has 2 heterocycles. The molecule has 1 aromatic rings. The third-order valence-corrected chi connectivity index (χ3v) is 2.88. The van der Waals surface area contributed by atoms with Crippen LogP contribution >= 0.6 is 0 Å². The molecule has 1 aliphatic heterocycles. The number of nitrogens with zero attached hydrogens (tertiary/aromatic N) is 2. The topological polar surface area (TPSA) is 46.9 Å². The third kappa shape index (κ3) is 2.89. The lowest BCUT2D eigenvalue weighted by atomic mass is 10.0. The molecule has 2 rings (SSSR count). The van der Waals surface area contributed by atoms with E-state index in [1.54, 1.807) is 18.5 Å². The van der Waals surface area contributed by atoms with Crippen molar-refractivity contribution < 1.29 is 4.79 Å². The van der Waals surface area contributed by atoms with Gasteiger partial charge in [0.15, 0.2) is 0 Å². The third-order valence-electron chi connectivity index (χ3n) is 2.88. The van der Waals surface area contributed by atoms with Gasteiger partial charge in [0.2, 0.25) is 5.91 Å². The van der Waals surface area contributed by atoms with Gasteiger partial charge in [-0.1, -0.05) is 6.42 Å². The zero-order chi connectivity index (χ0) is 10.5. The summed E-state index contributed by atoms with van der Waals surface area (Å²) < 4.78 is 1.42. The van der Waals surface area contributed by atoms with E-state index in [-0.39, 0.29) is 5.91 Å². The lowest BCUT2D eigenvalue weighted by molar-refractivity contribution is 0.0878. The van der Waals surface area contributed by atoms with Gasteiger partial charge in [-0.05, 0) is 31.9 Å². The number of hydrogen-bond donors (Lipinski definition) is 1. The molecule has 0 radical (unpaired) electrons. The number of rotatable bonds is 3. The molecular weight excluding hydrogens is 190 g/mol. The van der Waals surface area contributed by atoms with Gasteiger partial charge in [-0.3, -0.25) is 4.79 Å². The molecule has 15 heavy (non-hydrogen) atoms. The largest absolute Gasteiger partial charge is 0.314 e. The predicted octanol–water partition coefficient (Wildman–Crippen LogP) is 1.45. The van der Waals surface area contributed by atoms with Gasteiger partial charge in [-0.15, -0.1) is 0 Å². The number of hydrogen-bond acceptors (Lipinski definition) is 3. The van der Waals surface area contributed by atoms with Crippen LogP contribution in [0.2, 0.25) is 0 Å². The molecule has 1 aromatic heterocycles. The van der Waals surface area contributed by atoms with Crippen LogP contribution in [0.5, 0.6) is 0 Å². The Kier molecular flexibility index (Phi) is 3.50. The van der Waals surface area contributed by atoms with E-state index in [1.807, 2.05) is 0 Å². The highest BCUT2D eigenvalue weighted by atomic mass is 16.2. The molecule has 1 unspecified atom stereocenters. The van der Waals surface area contributed by atoms with Gasteiger partial charge in [0.05, 0.1) is 0 Å². The van der Waals surface area contributed by atoms with Crippen molar-refractivity contribution in [1.82, 2.24) is 15.1 Å². The second-order valence-corrected chi connectivity index (χ2v) is 4.03. The summed E-state index contributed by atoms with van der Waals surface area (Å²) in [5, 5.41) is 7.36. The normalized spacial score (nSPS) is 21.5. The Morgan fingerprint density at radius 3 is 3.13 bits per heavy atom. The van der Waals surface area contributed by atoms with Crippen molar-refractivity contribution in [2.45, 2.75) is 38.1 Å². The highest BCUT2D eigenvalue weighted by Crippen LogP contribution is 2.12. The van der Waals surface area contributed by atoms with Gasteiger partial charge in [0.1, 0.15) is 0 Å². The van der Waals surface area contributed by atoms with Crippen LogP contribution in [0, 0.1) is 0 Å². The molecule has 4 heteroatoms. The Morgan fingerprint density at radius 1 is 1.53 bits per heavy atom. The minimum atomic E-state index is 0.0902. The zero-order valence-electron chi connectivity index (χ0n) is 8.85. The number of carbonyl (C=O) groups excluding carboxylic acids is 1. The molecule has 0 aromatic carbocycles. The average molecular weight is 207 g/mol. The number of carbonyl (C=O) groups is 1. The molecule has 4 nitrogen and oxygen atoms in total. The highest BCUT2D eigenvalue weighted by Gasteiger charge is 2.14. The van der Waals surface area contributed by atoms with E-state index in [1.165, 1.54) is 23.9 Å². The van der Waals surface area contributed by atoms with Crippen molar-refractivity contribution in [3.05, 3.63) is 18.5 Å². The van der Waals surface area contributed by atoms with Crippen LogP contribution in [0.15, 0.2) is 18.5 Å². The fourth-order valence-corrected chi connectivity index (χ4v) is 2.00. The molecule has 0 bridgehead atoms. The van der Waals surface area contributed by atoms with Crippen LogP contribution in [0.4, 0.5) is 0 Å². The van der Waals surface area contributed by atoms with E-state index in [4.69, 9.17) is 0 Å². The fourth-order valence-electron chi connectivity index (χ4n) is 2.00. The summed E-state index contributed by atoms with van der Waals surface area (Å²) in [5.41, 5.74) is 0. The molecule has 82 valence electrons. The van der Waals surface area contributed by atoms with Gasteiger partial charge >= 0.3 is 0 Å². The number of nitrogens with one attached hydrogen (secondary N) is 1.